The molecular formula is C21H26N6O. The minimum Gasteiger partial charge on any atom is -0.356 e. The molecule has 0 saturated carbocycles. The number of imidazole rings is 1. The van der Waals surface area contributed by atoms with Gasteiger partial charge in [-0.1, -0.05) is 12.1 Å². The van der Waals surface area contributed by atoms with Gasteiger partial charge in [0.2, 0.25) is 5.91 Å². The molecule has 28 heavy (non-hydrogen) atoms. The van der Waals surface area contributed by atoms with Crippen molar-refractivity contribution in [1.82, 2.24) is 20.2 Å². The number of H-pyrrole nitrogens is 1. The van der Waals surface area contributed by atoms with Gasteiger partial charge >= 0.3 is 0 Å². The first-order valence-electron chi connectivity index (χ1n) is 9.99. The molecule has 2 aromatic rings. The van der Waals surface area contributed by atoms with Crippen LogP contribution >= 0.6 is 0 Å². The van der Waals surface area contributed by atoms with Crippen molar-refractivity contribution in [1.29, 1.82) is 0 Å². The lowest BCUT2D eigenvalue weighted by molar-refractivity contribution is -0.126. The van der Waals surface area contributed by atoms with Crippen molar-refractivity contribution >= 4 is 16.9 Å². The average Bonchev–Trinajstić information content (AvgIpc) is 3.36. The zero-order valence-electron chi connectivity index (χ0n) is 16.0. The molecule has 0 aliphatic carbocycles. The molecule has 0 unspecified atom stereocenters. The van der Waals surface area contributed by atoms with Gasteiger partial charge in [-0.15, -0.1) is 12.3 Å². The summed E-state index contributed by atoms with van der Waals surface area (Å²) >= 11 is 0. The highest BCUT2D eigenvalue weighted by atomic mass is 16.1. The monoisotopic (exact) mass is 378 g/mol. The summed E-state index contributed by atoms with van der Waals surface area (Å²) < 4.78 is 0. The van der Waals surface area contributed by atoms with Gasteiger partial charge in [0.25, 0.3) is 0 Å². The number of nitrogens with one attached hydrogen (secondary N) is 2. The molecule has 3 heterocycles. The molecular weight excluding hydrogens is 352 g/mol. The summed E-state index contributed by atoms with van der Waals surface area (Å²) in [6.45, 7) is 3.22. The summed E-state index contributed by atoms with van der Waals surface area (Å²) in [5.74, 6) is 3.84. The number of rotatable bonds is 8. The van der Waals surface area contributed by atoms with Gasteiger partial charge in [0.05, 0.1) is 17.6 Å². The maximum absolute atomic E-state index is 12.5. The standard InChI is InChI=1S/C21H26N6O/c1-2-3-10-21(25-26-21)11-12-22-20(28)16-8-13-27(14-9-16)15-19-23-17-6-4-5-7-18(17)24-19/h1,4-7,16H,3,8-15H2,(H,22,28)(H,23,24). The summed E-state index contributed by atoms with van der Waals surface area (Å²) in [5.41, 5.74) is 1.75. The fourth-order valence-electron chi connectivity index (χ4n) is 3.84. The third-order valence-electron chi connectivity index (χ3n) is 5.65. The molecule has 1 aromatic heterocycles. The first-order chi connectivity index (χ1) is 13.7. The number of amides is 1. The minimum atomic E-state index is -0.324. The Hall–Kier alpha value is -2.72. The van der Waals surface area contributed by atoms with Gasteiger partial charge in [0, 0.05) is 31.7 Å². The Kier molecular flexibility index (Phi) is 5.40. The Bertz CT molecular complexity index is 864. The van der Waals surface area contributed by atoms with E-state index in [4.69, 9.17) is 6.42 Å². The van der Waals surface area contributed by atoms with Crippen molar-refractivity contribution in [3.8, 4) is 12.3 Å². The van der Waals surface area contributed by atoms with Crippen LogP contribution in [0.3, 0.4) is 0 Å². The summed E-state index contributed by atoms with van der Waals surface area (Å²) in [6.07, 6.45) is 9.25. The summed E-state index contributed by atoms with van der Waals surface area (Å²) in [4.78, 5) is 22.8. The molecule has 1 aromatic carbocycles. The highest BCUT2D eigenvalue weighted by Gasteiger charge is 2.38. The second-order valence-electron chi connectivity index (χ2n) is 7.68. The van der Waals surface area contributed by atoms with Crippen molar-refractivity contribution in [3.05, 3.63) is 30.1 Å². The fraction of sp³-hybridized carbons (Fsp3) is 0.524. The number of carbonyl (C=O) groups is 1. The molecule has 2 aliphatic heterocycles. The molecule has 7 heteroatoms. The van der Waals surface area contributed by atoms with Crippen LogP contribution in [0.4, 0.5) is 0 Å². The lowest BCUT2D eigenvalue weighted by Gasteiger charge is -2.30. The van der Waals surface area contributed by atoms with E-state index in [1.165, 1.54) is 0 Å². The van der Waals surface area contributed by atoms with Crippen LogP contribution in [0.25, 0.3) is 11.0 Å². The number of fused-ring (bicyclic) bond motifs is 1. The Morgan fingerprint density at radius 1 is 1.29 bits per heavy atom. The van der Waals surface area contributed by atoms with Crippen LogP contribution in [-0.4, -0.2) is 46.1 Å². The van der Waals surface area contributed by atoms with Crippen LogP contribution in [-0.2, 0) is 11.3 Å². The maximum atomic E-state index is 12.5. The first kappa shape index (κ1) is 18.6. The van der Waals surface area contributed by atoms with Crippen LogP contribution < -0.4 is 5.32 Å². The molecule has 1 fully saturated rings. The highest BCUT2D eigenvalue weighted by Crippen LogP contribution is 2.36. The van der Waals surface area contributed by atoms with E-state index in [9.17, 15) is 4.79 Å². The van der Waals surface area contributed by atoms with Gasteiger partial charge in [-0.05, 0) is 38.1 Å². The maximum Gasteiger partial charge on any atom is 0.223 e. The van der Waals surface area contributed by atoms with E-state index in [2.05, 4.69) is 36.3 Å². The number of carbonyl (C=O) groups excluding carboxylic acids is 1. The Morgan fingerprint density at radius 2 is 2.07 bits per heavy atom. The predicted octanol–water partition coefficient (Wildman–Crippen LogP) is 2.86. The molecule has 0 radical (unpaired) electrons. The van der Waals surface area contributed by atoms with Gasteiger partial charge in [-0.25, -0.2) is 4.98 Å². The largest absolute Gasteiger partial charge is 0.356 e. The van der Waals surface area contributed by atoms with Gasteiger partial charge in [-0.3, -0.25) is 9.69 Å². The number of likely N-dealkylation sites (tertiary alicyclic amines) is 1. The van der Waals surface area contributed by atoms with Crippen LogP contribution in [0.15, 0.2) is 34.5 Å². The molecule has 2 N–H and O–H groups in total. The molecule has 0 bridgehead atoms. The quantitative estimate of drug-likeness (QED) is 0.693. The number of aromatic amines is 1. The second kappa shape index (κ2) is 8.11. The number of para-hydroxylation sites is 2. The molecule has 2 aliphatic rings. The Balaban J connectivity index is 1.18. The molecule has 0 atom stereocenters. The summed E-state index contributed by atoms with van der Waals surface area (Å²) in [5, 5.41) is 11.3. The van der Waals surface area contributed by atoms with E-state index in [1.54, 1.807) is 0 Å². The smallest absolute Gasteiger partial charge is 0.223 e. The number of terminal acetylenes is 1. The lowest BCUT2D eigenvalue weighted by Crippen LogP contribution is -2.41. The van der Waals surface area contributed by atoms with Crippen LogP contribution in [0.1, 0.15) is 37.9 Å². The number of piperidine rings is 1. The fourth-order valence-corrected chi connectivity index (χ4v) is 3.84. The number of hydrogen-bond donors (Lipinski definition) is 2. The number of hydrogen-bond acceptors (Lipinski definition) is 5. The summed E-state index contributed by atoms with van der Waals surface area (Å²) in [7, 11) is 0. The van der Waals surface area contributed by atoms with Gasteiger partial charge in [0.15, 0.2) is 5.66 Å². The van der Waals surface area contributed by atoms with E-state index < -0.39 is 0 Å². The van der Waals surface area contributed by atoms with Crippen molar-refractivity contribution < 1.29 is 4.79 Å². The van der Waals surface area contributed by atoms with E-state index in [0.29, 0.717) is 13.0 Å². The number of nitrogens with zero attached hydrogens (tertiary/aromatic N) is 4. The SMILES string of the molecule is C#CCCC1(CCNC(=O)C2CCN(Cc3nc4ccccc4[nH]3)CC2)N=N1. The first-order valence-corrected chi connectivity index (χ1v) is 9.99. The van der Waals surface area contributed by atoms with Crippen molar-refractivity contribution in [2.75, 3.05) is 19.6 Å². The lowest BCUT2D eigenvalue weighted by atomic mass is 9.95. The number of benzene rings is 1. The van der Waals surface area contributed by atoms with Crippen LogP contribution in [0, 0.1) is 18.3 Å². The predicted molar refractivity (Wildman–Crippen MR) is 107 cm³/mol. The molecule has 4 rings (SSSR count). The zero-order chi connectivity index (χ0) is 19.4. The van der Waals surface area contributed by atoms with E-state index >= 15 is 0 Å². The second-order valence-corrected chi connectivity index (χ2v) is 7.68. The van der Waals surface area contributed by atoms with Crippen molar-refractivity contribution in [2.24, 2.45) is 16.1 Å². The van der Waals surface area contributed by atoms with E-state index in [-0.39, 0.29) is 17.5 Å². The van der Waals surface area contributed by atoms with Crippen LogP contribution in [0.2, 0.25) is 0 Å². The molecule has 7 nitrogen and oxygen atoms in total. The number of aromatic nitrogens is 2. The molecule has 1 saturated heterocycles. The third kappa shape index (κ3) is 4.39. The van der Waals surface area contributed by atoms with Crippen molar-refractivity contribution in [3.63, 3.8) is 0 Å². The highest BCUT2D eigenvalue weighted by molar-refractivity contribution is 5.78. The zero-order valence-corrected chi connectivity index (χ0v) is 16.0. The van der Waals surface area contributed by atoms with Crippen LogP contribution in [0.5, 0.6) is 0 Å². The van der Waals surface area contributed by atoms with Gasteiger partial charge < -0.3 is 10.3 Å². The van der Waals surface area contributed by atoms with E-state index in [1.807, 2.05) is 24.3 Å². The normalized spacial score (nSPS) is 18.8. The van der Waals surface area contributed by atoms with Crippen molar-refractivity contribution in [2.45, 2.75) is 44.3 Å². The Morgan fingerprint density at radius 3 is 2.79 bits per heavy atom. The minimum absolute atomic E-state index is 0.0849. The molecule has 1 amide bonds. The topological polar surface area (TPSA) is 85.7 Å². The summed E-state index contributed by atoms with van der Waals surface area (Å²) in [6, 6.07) is 8.07. The average molecular weight is 378 g/mol. The molecule has 146 valence electrons. The van der Waals surface area contributed by atoms with Gasteiger partial charge in [0.1, 0.15) is 5.82 Å². The third-order valence-corrected chi connectivity index (χ3v) is 5.65. The Labute approximate surface area is 165 Å². The van der Waals surface area contributed by atoms with E-state index in [0.717, 1.165) is 62.2 Å². The van der Waals surface area contributed by atoms with Gasteiger partial charge in [-0.2, -0.15) is 10.2 Å². The molecule has 0 spiro atoms.